The van der Waals surface area contributed by atoms with Gasteiger partial charge in [-0.1, -0.05) is 48.5 Å². The first-order valence-corrected chi connectivity index (χ1v) is 8.54. The normalized spacial score (nSPS) is 11.2. The topological polar surface area (TPSA) is 152 Å². The second-order valence-corrected chi connectivity index (χ2v) is 6.47. The van der Waals surface area contributed by atoms with Crippen molar-refractivity contribution in [3.05, 3.63) is 48.5 Å². The number of carbonyl (C=O) groups excluding carboxylic acids is 2. The third-order valence-electron chi connectivity index (χ3n) is 2.25. The van der Waals surface area contributed by atoms with Crippen LogP contribution in [0.5, 0.6) is 0 Å². The molecule has 0 saturated carbocycles. The van der Waals surface area contributed by atoms with E-state index in [1.54, 1.807) is 0 Å². The number of benzene rings is 2. The zero-order valence-electron chi connectivity index (χ0n) is 11.2. The van der Waals surface area contributed by atoms with Crippen LogP contribution in [0.15, 0.2) is 48.5 Å². The number of rotatable bonds is 0. The number of hydrogen-bond donors (Lipinski definition) is 2. The molecule has 0 spiro atoms. The van der Waals surface area contributed by atoms with Gasteiger partial charge in [0.2, 0.25) is 0 Å². The molecule has 0 fully saturated rings. The maximum atomic E-state index is 10.1. The molecule has 0 saturated heterocycles. The predicted octanol–water partition coefficient (Wildman–Crippen LogP) is 1.86. The fourth-order valence-corrected chi connectivity index (χ4v) is 1.72. The average molecular weight is 362 g/mol. The van der Waals surface area contributed by atoms with Crippen LogP contribution in [-0.4, -0.2) is 36.5 Å². The molecular formula is C12H10O9S2. The van der Waals surface area contributed by atoms with E-state index in [1.807, 2.05) is 0 Å². The molecule has 0 aromatic heterocycles. The van der Waals surface area contributed by atoms with E-state index in [9.17, 15) is 26.4 Å². The van der Waals surface area contributed by atoms with Crippen molar-refractivity contribution >= 4 is 41.6 Å². The maximum Gasteiger partial charge on any atom is 0.460 e. The first-order chi connectivity index (χ1) is 10.5. The molecule has 0 bridgehead atoms. The first kappa shape index (κ1) is 18.7. The number of ether oxygens (including phenoxy) is 1. The van der Waals surface area contributed by atoms with Crippen LogP contribution in [0.3, 0.4) is 0 Å². The number of carbonyl (C=O) groups is 2. The molecule has 0 amide bonds. The average Bonchev–Trinajstić information content (AvgIpc) is 2.46. The van der Waals surface area contributed by atoms with Crippen molar-refractivity contribution in [2.24, 2.45) is 0 Å². The highest BCUT2D eigenvalue weighted by Crippen LogP contribution is 2.11. The lowest BCUT2D eigenvalue weighted by Gasteiger charge is -1.95. The van der Waals surface area contributed by atoms with Gasteiger partial charge in [-0.2, -0.15) is 16.8 Å². The molecule has 2 aromatic rings. The number of hydrogen-bond acceptors (Lipinski definition) is 7. The molecule has 0 aliphatic rings. The van der Waals surface area contributed by atoms with Crippen LogP contribution in [-0.2, 0) is 25.0 Å². The minimum absolute atomic E-state index is 1.31. The fourth-order valence-electron chi connectivity index (χ4n) is 1.31. The fraction of sp³-hybridized carbons (Fsp3) is 0. The zero-order valence-corrected chi connectivity index (χ0v) is 12.8. The molecule has 2 N–H and O–H groups in total. The molecule has 0 heterocycles. The molecule has 23 heavy (non-hydrogen) atoms. The minimum atomic E-state index is -5.32. The highest BCUT2D eigenvalue weighted by atomic mass is 32.2. The quantitative estimate of drug-likeness (QED) is 0.406. The summed E-state index contributed by atoms with van der Waals surface area (Å²) in [5.41, 5.74) is 0. The monoisotopic (exact) mass is 362 g/mol. The van der Waals surface area contributed by atoms with Crippen molar-refractivity contribution in [2.45, 2.75) is 0 Å². The Morgan fingerprint density at radius 3 is 1.17 bits per heavy atom. The summed E-state index contributed by atoms with van der Waals surface area (Å²) in [7, 11) is -10.6. The smallest absolute Gasteiger partial charge is 0.366 e. The Morgan fingerprint density at radius 2 is 0.957 bits per heavy atom. The third kappa shape index (κ3) is 6.12. The second-order valence-electron chi connectivity index (χ2n) is 3.90. The predicted molar refractivity (Wildman–Crippen MR) is 78.9 cm³/mol. The van der Waals surface area contributed by atoms with Gasteiger partial charge < -0.3 is 4.74 Å². The van der Waals surface area contributed by atoms with Crippen LogP contribution < -0.4 is 0 Å². The summed E-state index contributed by atoms with van der Waals surface area (Å²) in [5, 5.41) is -2.36. The lowest BCUT2D eigenvalue weighted by atomic mass is 10.1. The molecule has 0 aliphatic carbocycles. The standard InChI is InChI=1S/C10H8.C2H2O9S2/c1-2-6-10-8-4-3-7-9(10)5-1;3-1(12(5,6)7)11-2(4)13(8,9)10/h1-8H;(H,5,6,7)(H,8,9,10). The van der Waals surface area contributed by atoms with Gasteiger partial charge in [-0.25, -0.2) is 9.59 Å². The van der Waals surface area contributed by atoms with Gasteiger partial charge in [0, 0.05) is 0 Å². The summed E-state index contributed by atoms with van der Waals surface area (Å²) in [6.07, 6.45) is 0. The van der Waals surface area contributed by atoms with Crippen molar-refractivity contribution < 1.29 is 40.3 Å². The van der Waals surface area contributed by atoms with Gasteiger partial charge in [0.1, 0.15) is 0 Å². The lowest BCUT2D eigenvalue weighted by molar-refractivity contribution is 0.179. The van der Waals surface area contributed by atoms with Gasteiger partial charge in [-0.15, -0.1) is 0 Å². The zero-order chi connectivity index (χ0) is 17.7. The van der Waals surface area contributed by atoms with Crippen LogP contribution in [0.4, 0.5) is 9.59 Å². The second kappa shape index (κ2) is 7.28. The van der Waals surface area contributed by atoms with Crippen molar-refractivity contribution in [3.8, 4) is 0 Å². The molecule has 0 atom stereocenters. The summed E-state index contributed by atoms with van der Waals surface area (Å²) >= 11 is 0. The van der Waals surface area contributed by atoms with Gasteiger partial charge in [0.05, 0.1) is 0 Å². The summed E-state index contributed by atoms with van der Waals surface area (Å²) < 4.78 is 58.1. The van der Waals surface area contributed by atoms with Gasteiger partial charge in [-0.3, -0.25) is 9.11 Å². The Bertz CT molecular complexity index is 822. The Morgan fingerprint density at radius 1 is 0.696 bits per heavy atom. The van der Waals surface area contributed by atoms with E-state index in [0.29, 0.717) is 0 Å². The van der Waals surface area contributed by atoms with Crippen LogP contribution in [0.2, 0.25) is 0 Å². The molecule has 0 radical (unpaired) electrons. The van der Waals surface area contributed by atoms with Crippen LogP contribution in [0.25, 0.3) is 10.8 Å². The van der Waals surface area contributed by atoms with Crippen molar-refractivity contribution in [1.29, 1.82) is 0 Å². The highest BCUT2D eigenvalue weighted by Gasteiger charge is 2.30. The van der Waals surface area contributed by atoms with Gasteiger partial charge in [0.25, 0.3) is 0 Å². The Balaban J connectivity index is 0.000000235. The number of fused-ring (bicyclic) bond motifs is 1. The molecule has 2 aromatic carbocycles. The van der Waals surface area contributed by atoms with E-state index < -0.39 is 30.8 Å². The van der Waals surface area contributed by atoms with Crippen LogP contribution in [0.1, 0.15) is 0 Å². The molecule has 0 unspecified atom stereocenters. The molecule has 124 valence electrons. The molecule has 11 heteroatoms. The van der Waals surface area contributed by atoms with E-state index in [1.165, 1.54) is 10.8 Å². The lowest BCUT2D eigenvalue weighted by Crippen LogP contribution is -2.23. The summed E-state index contributed by atoms with van der Waals surface area (Å²) in [6.45, 7) is 0. The van der Waals surface area contributed by atoms with E-state index in [-0.39, 0.29) is 0 Å². The summed E-state index contributed by atoms with van der Waals surface area (Å²) in [6, 6.07) is 16.7. The largest absolute Gasteiger partial charge is 0.460 e. The molecule has 2 rings (SSSR count). The summed E-state index contributed by atoms with van der Waals surface area (Å²) in [5.74, 6) is 0. The van der Waals surface area contributed by atoms with E-state index >= 15 is 0 Å². The van der Waals surface area contributed by atoms with Crippen LogP contribution in [0, 0.1) is 0 Å². The molecule has 9 nitrogen and oxygen atoms in total. The van der Waals surface area contributed by atoms with Crippen molar-refractivity contribution in [2.75, 3.05) is 0 Å². The molecule has 0 aliphatic heterocycles. The van der Waals surface area contributed by atoms with Gasteiger partial charge in [0.15, 0.2) is 0 Å². The van der Waals surface area contributed by atoms with E-state index in [0.717, 1.165) is 0 Å². The van der Waals surface area contributed by atoms with E-state index in [2.05, 4.69) is 53.3 Å². The maximum absolute atomic E-state index is 10.1. The van der Waals surface area contributed by atoms with Crippen molar-refractivity contribution in [3.63, 3.8) is 0 Å². The first-order valence-electron chi connectivity index (χ1n) is 5.66. The highest BCUT2D eigenvalue weighted by molar-refractivity contribution is 8.02. The SMILES string of the molecule is O=C(OC(=O)S(=O)(=O)O)S(=O)(=O)O.c1ccc2ccccc2c1. The van der Waals surface area contributed by atoms with E-state index in [4.69, 9.17) is 9.11 Å². The van der Waals surface area contributed by atoms with Crippen LogP contribution >= 0.6 is 0 Å². The van der Waals surface area contributed by atoms with Gasteiger partial charge in [-0.05, 0) is 10.8 Å². The minimum Gasteiger partial charge on any atom is -0.366 e. The van der Waals surface area contributed by atoms with Gasteiger partial charge >= 0.3 is 30.8 Å². The Labute approximate surface area is 131 Å². The Hall–Kier alpha value is -2.34. The Kier molecular flexibility index (Phi) is 5.92. The molecular weight excluding hydrogens is 352 g/mol. The summed E-state index contributed by atoms with van der Waals surface area (Å²) in [4.78, 5) is 20.1. The van der Waals surface area contributed by atoms with Crippen molar-refractivity contribution in [1.82, 2.24) is 0 Å². The third-order valence-corrected chi connectivity index (χ3v) is 3.26.